The molecule has 0 saturated heterocycles. The zero-order chi connectivity index (χ0) is 36.4. The minimum atomic E-state index is 1.17. The monoisotopic (exact) mass is 816 g/mol. The molecule has 0 bridgehead atoms. The maximum absolute atomic E-state index is 3.83. The lowest BCUT2D eigenvalue weighted by Crippen LogP contribution is -1.87. The van der Waals surface area contributed by atoms with Crippen molar-refractivity contribution < 1.29 is 0 Å². The summed E-state index contributed by atoms with van der Waals surface area (Å²) in [5.74, 6) is 0. The van der Waals surface area contributed by atoms with Crippen LogP contribution in [0.2, 0.25) is 0 Å². The molecule has 256 valence electrons. The molecule has 54 heavy (non-hydrogen) atoms. The molecule has 0 radical (unpaired) electrons. The maximum atomic E-state index is 3.83. The van der Waals surface area contributed by atoms with Gasteiger partial charge in [-0.15, -0.1) is 0 Å². The predicted octanol–water partition coefficient (Wildman–Crippen LogP) is 16.2. The fraction of sp³-hybridized carbons (Fsp3) is 0. The third-order valence-corrected chi connectivity index (χ3v) is 12.0. The molecule has 0 atom stereocenters. The van der Waals surface area contributed by atoms with Gasteiger partial charge in [0.25, 0.3) is 0 Å². The molecule has 2 heteroatoms. The van der Waals surface area contributed by atoms with E-state index in [4.69, 9.17) is 0 Å². The second-order valence-electron chi connectivity index (χ2n) is 13.4. The van der Waals surface area contributed by atoms with Crippen molar-refractivity contribution in [1.82, 2.24) is 0 Å². The molecule has 0 unspecified atom stereocenters. The largest absolute Gasteiger partial charge is 0.0622 e. The maximum Gasteiger partial charge on any atom is 0.0332 e. The van der Waals surface area contributed by atoms with Crippen molar-refractivity contribution >= 4 is 74.9 Å². The first kappa shape index (κ1) is 34.0. The van der Waals surface area contributed by atoms with Crippen molar-refractivity contribution in [3.05, 3.63) is 215 Å². The lowest BCUT2D eigenvalue weighted by Gasteiger charge is -2.14. The number of fused-ring (bicyclic) bond motifs is 4. The number of rotatable bonds is 4. The van der Waals surface area contributed by atoms with E-state index in [9.17, 15) is 0 Å². The Bertz CT molecular complexity index is 2590. The third-order valence-electron chi connectivity index (χ3n) is 10.3. The number of hydrogen-bond donors (Lipinski definition) is 0. The van der Waals surface area contributed by atoms with Crippen LogP contribution in [-0.2, 0) is 0 Å². The summed E-state index contributed by atoms with van der Waals surface area (Å²) in [6, 6.07) is 73.4. The van der Waals surface area contributed by atoms with Gasteiger partial charge in [-0.2, -0.15) is 0 Å². The van der Waals surface area contributed by atoms with E-state index in [-0.39, 0.29) is 0 Å². The van der Waals surface area contributed by atoms with Crippen molar-refractivity contribution in [1.29, 1.82) is 0 Å². The van der Waals surface area contributed by atoms with Crippen LogP contribution in [-0.4, -0.2) is 0 Å². The minimum absolute atomic E-state index is 1.17. The first-order valence-electron chi connectivity index (χ1n) is 18.2. The highest BCUT2D eigenvalue weighted by atomic mass is 79.9. The Balaban J connectivity index is 0.000000142. The van der Waals surface area contributed by atoms with Gasteiger partial charge in [0, 0.05) is 8.95 Å². The van der Waals surface area contributed by atoms with Crippen LogP contribution in [0.25, 0.3) is 87.6 Å². The minimum Gasteiger partial charge on any atom is -0.0622 e. The van der Waals surface area contributed by atoms with E-state index in [0.29, 0.717) is 0 Å². The summed E-state index contributed by atoms with van der Waals surface area (Å²) in [5.41, 5.74) is 10.1. The van der Waals surface area contributed by atoms with E-state index in [1.807, 2.05) is 0 Å². The van der Waals surface area contributed by atoms with Gasteiger partial charge >= 0.3 is 0 Å². The van der Waals surface area contributed by atoms with Crippen molar-refractivity contribution in [3.8, 4) is 44.5 Å². The molecule has 0 fully saturated rings. The molecule has 0 saturated carbocycles. The topological polar surface area (TPSA) is 0 Å². The molecule has 10 aromatic rings. The van der Waals surface area contributed by atoms with E-state index < -0.39 is 0 Å². The van der Waals surface area contributed by atoms with Crippen LogP contribution in [0, 0.1) is 0 Å². The van der Waals surface area contributed by atoms with Gasteiger partial charge in [-0.05, 0) is 119 Å². The fourth-order valence-corrected chi connectivity index (χ4v) is 9.08. The van der Waals surface area contributed by atoms with Gasteiger partial charge in [0.1, 0.15) is 0 Å². The molecular formula is C52H34Br2. The Morgan fingerprint density at radius 2 is 0.389 bits per heavy atom. The molecule has 0 nitrogen and oxygen atoms in total. The number of halogens is 2. The van der Waals surface area contributed by atoms with E-state index in [0.717, 1.165) is 0 Å². The summed E-state index contributed by atoms with van der Waals surface area (Å²) >= 11 is 7.66. The Morgan fingerprint density at radius 1 is 0.185 bits per heavy atom. The summed E-state index contributed by atoms with van der Waals surface area (Å²) in [5, 5.41) is 10.1. The second kappa shape index (κ2) is 14.9. The predicted molar refractivity (Wildman–Crippen MR) is 240 cm³/mol. The second-order valence-corrected chi connectivity index (χ2v) is 15.0. The van der Waals surface area contributed by atoms with Gasteiger partial charge in [-0.1, -0.05) is 206 Å². The van der Waals surface area contributed by atoms with E-state index >= 15 is 0 Å². The van der Waals surface area contributed by atoms with Crippen molar-refractivity contribution in [3.63, 3.8) is 0 Å². The Hall–Kier alpha value is -5.80. The fourth-order valence-electron chi connectivity index (χ4n) is 7.69. The molecule has 0 heterocycles. The summed E-state index contributed by atoms with van der Waals surface area (Å²) in [6.07, 6.45) is 0. The lowest BCUT2D eigenvalue weighted by atomic mass is 9.91. The van der Waals surface area contributed by atoms with Crippen molar-refractivity contribution in [2.24, 2.45) is 0 Å². The number of benzene rings is 10. The summed E-state index contributed by atoms with van der Waals surface area (Å²) in [7, 11) is 0. The zero-order valence-electron chi connectivity index (χ0n) is 29.4. The smallest absolute Gasteiger partial charge is 0.0332 e. The normalized spacial score (nSPS) is 11.1. The average Bonchev–Trinajstić information content (AvgIpc) is 3.25. The van der Waals surface area contributed by atoms with Gasteiger partial charge in [-0.3, -0.25) is 0 Å². The van der Waals surface area contributed by atoms with Gasteiger partial charge in [0.2, 0.25) is 0 Å². The summed E-state index contributed by atoms with van der Waals surface area (Å²) < 4.78 is 2.33. The molecule has 0 amide bonds. The highest BCUT2D eigenvalue weighted by Gasteiger charge is 2.15. The van der Waals surface area contributed by atoms with Gasteiger partial charge in [0.05, 0.1) is 0 Å². The zero-order valence-corrected chi connectivity index (χ0v) is 32.6. The molecule has 10 aromatic carbocycles. The van der Waals surface area contributed by atoms with Crippen LogP contribution >= 0.6 is 31.9 Å². The molecule has 0 aliphatic heterocycles. The van der Waals surface area contributed by atoms with Crippen molar-refractivity contribution in [2.45, 2.75) is 0 Å². The Kier molecular flexibility index (Phi) is 9.39. The molecule has 0 aliphatic rings. The summed E-state index contributed by atoms with van der Waals surface area (Å²) in [4.78, 5) is 0. The van der Waals surface area contributed by atoms with Crippen LogP contribution in [0.1, 0.15) is 0 Å². The van der Waals surface area contributed by atoms with E-state index in [2.05, 4.69) is 238 Å². The lowest BCUT2D eigenvalue weighted by molar-refractivity contribution is 1.61. The van der Waals surface area contributed by atoms with E-state index in [1.54, 1.807) is 0 Å². The molecule has 0 aromatic heterocycles. The van der Waals surface area contributed by atoms with Gasteiger partial charge < -0.3 is 0 Å². The van der Waals surface area contributed by atoms with Crippen LogP contribution in [0.15, 0.2) is 215 Å². The first-order chi connectivity index (χ1) is 26.7. The quantitative estimate of drug-likeness (QED) is 0.155. The highest BCUT2D eigenvalue weighted by Crippen LogP contribution is 2.43. The summed E-state index contributed by atoms with van der Waals surface area (Å²) in [6.45, 7) is 0. The first-order valence-corrected chi connectivity index (χ1v) is 19.7. The van der Waals surface area contributed by atoms with Crippen molar-refractivity contribution in [2.75, 3.05) is 0 Å². The Labute approximate surface area is 332 Å². The SMILES string of the molecule is Brc1c2ccccc2c(-c2ccc(-c3ccccc3)cc2)c2ccccc12.Brc1c2ccccc2c(-c2ccc(-c3ccccc3)cc2)c2ccccc12. The van der Waals surface area contributed by atoms with E-state index in [1.165, 1.54) is 96.5 Å². The molecule has 10 rings (SSSR count). The van der Waals surface area contributed by atoms with Crippen LogP contribution < -0.4 is 0 Å². The molecule has 0 spiro atoms. The Morgan fingerprint density at radius 3 is 0.667 bits per heavy atom. The molecule has 0 N–H and O–H groups in total. The molecule has 0 aliphatic carbocycles. The van der Waals surface area contributed by atoms with Gasteiger partial charge in [0.15, 0.2) is 0 Å². The van der Waals surface area contributed by atoms with Crippen LogP contribution in [0.4, 0.5) is 0 Å². The third kappa shape index (κ3) is 6.32. The van der Waals surface area contributed by atoms with Crippen LogP contribution in [0.3, 0.4) is 0 Å². The average molecular weight is 819 g/mol. The number of hydrogen-bond acceptors (Lipinski definition) is 0. The standard InChI is InChI=1S/2C26H17Br/c2*27-26-23-12-6-4-10-21(23)25(22-11-5-7-13-24(22)26)20-16-14-19(15-17-20)18-8-2-1-3-9-18/h2*1-17H. The highest BCUT2D eigenvalue weighted by molar-refractivity contribution is 9.11. The van der Waals surface area contributed by atoms with Crippen LogP contribution in [0.5, 0.6) is 0 Å². The van der Waals surface area contributed by atoms with Gasteiger partial charge in [-0.25, -0.2) is 0 Å². The molecular weight excluding hydrogens is 784 g/mol.